The molecule has 5 heteroatoms. The van der Waals surface area contributed by atoms with Crippen molar-refractivity contribution in [2.75, 3.05) is 20.4 Å². The van der Waals surface area contributed by atoms with Gasteiger partial charge >= 0.3 is 0 Å². The van der Waals surface area contributed by atoms with Crippen molar-refractivity contribution in [3.8, 4) is 17.2 Å². The monoisotopic (exact) mass is 269 g/mol. The molecule has 1 saturated heterocycles. The lowest BCUT2D eigenvalue weighted by atomic mass is 9.96. The maximum Gasteiger partial charge on any atom is 0.231 e. The molecule has 0 aromatic heterocycles. The Bertz CT molecular complexity index is 458. The molecule has 0 amide bonds. The molecule has 1 N–H and O–H groups in total. The average molecular weight is 270 g/mol. The predicted octanol–water partition coefficient (Wildman–Crippen LogP) is 2.89. The lowest BCUT2D eigenvalue weighted by Gasteiger charge is -2.26. The summed E-state index contributed by atoms with van der Waals surface area (Å²) >= 11 is 6.32. The van der Waals surface area contributed by atoms with E-state index in [1.807, 2.05) is 6.07 Å². The molecule has 0 radical (unpaired) electrons. The molecular formula is C13H16ClNO3. The molecule has 2 aliphatic heterocycles. The number of methoxy groups -OCH3 is 1. The van der Waals surface area contributed by atoms with E-state index in [0.29, 0.717) is 22.3 Å². The molecule has 1 aromatic carbocycles. The van der Waals surface area contributed by atoms with Crippen molar-refractivity contribution in [2.45, 2.75) is 25.3 Å². The Kier molecular flexibility index (Phi) is 3.22. The number of hydrogen-bond donors (Lipinski definition) is 1. The summed E-state index contributed by atoms with van der Waals surface area (Å²) in [6, 6.07) is 2.26. The van der Waals surface area contributed by atoms with E-state index in [0.717, 1.165) is 18.5 Å². The molecule has 98 valence electrons. The molecule has 0 saturated carbocycles. The van der Waals surface area contributed by atoms with Gasteiger partial charge in [-0.2, -0.15) is 0 Å². The van der Waals surface area contributed by atoms with E-state index in [-0.39, 0.29) is 12.8 Å². The van der Waals surface area contributed by atoms with Gasteiger partial charge in [0.15, 0.2) is 11.5 Å². The van der Waals surface area contributed by atoms with Crippen LogP contribution < -0.4 is 19.5 Å². The zero-order valence-corrected chi connectivity index (χ0v) is 11.0. The first-order valence-corrected chi connectivity index (χ1v) is 6.58. The van der Waals surface area contributed by atoms with Crippen LogP contribution in [-0.4, -0.2) is 20.4 Å². The number of rotatable bonds is 2. The van der Waals surface area contributed by atoms with E-state index in [1.54, 1.807) is 7.11 Å². The topological polar surface area (TPSA) is 39.7 Å². The summed E-state index contributed by atoms with van der Waals surface area (Å²) in [6.45, 7) is 1.25. The van der Waals surface area contributed by atoms with Crippen LogP contribution in [0.15, 0.2) is 6.07 Å². The van der Waals surface area contributed by atoms with Crippen LogP contribution in [0.4, 0.5) is 0 Å². The minimum absolute atomic E-state index is 0.222. The van der Waals surface area contributed by atoms with Gasteiger partial charge < -0.3 is 19.5 Å². The Hall–Kier alpha value is -1.13. The maximum absolute atomic E-state index is 6.32. The number of nitrogens with one attached hydrogen (secondary N) is 1. The van der Waals surface area contributed by atoms with E-state index < -0.39 is 0 Å². The highest BCUT2D eigenvalue weighted by Gasteiger charge is 2.28. The first-order chi connectivity index (χ1) is 8.81. The van der Waals surface area contributed by atoms with Gasteiger partial charge in [-0.25, -0.2) is 0 Å². The molecular weight excluding hydrogens is 254 g/mol. The van der Waals surface area contributed by atoms with Crippen LogP contribution in [-0.2, 0) is 0 Å². The van der Waals surface area contributed by atoms with Crippen LogP contribution >= 0.6 is 11.6 Å². The number of ether oxygens (including phenoxy) is 3. The highest BCUT2D eigenvalue weighted by molar-refractivity contribution is 6.34. The second-order valence-electron chi connectivity index (χ2n) is 4.55. The van der Waals surface area contributed by atoms with E-state index in [2.05, 4.69) is 5.32 Å². The fourth-order valence-electron chi connectivity index (χ4n) is 2.59. The van der Waals surface area contributed by atoms with E-state index >= 15 is 0 Å². The Balaban J connectivity index is 2.04. The minimum Gasteiger partial charge on any atom is -0.495 e. The molecule has 1 fully saturated rings. The first kappa shape index (κ1) is 11.9. The second kappa shape index (κ2) is 4.86. The summed E-state index contributed by atoms with van der Waals surface area (Å²) in [4.78, 5) is 0. The summed E-state index contributed by atoms with van der Waals surface area (Å²) in [5.41, 5.74) is 1.06. The zero-order chi connectivity index (χ0) is 12.5. The summed E-state index contributed by atoms with van der Waals surface area (Å²) in [6.07, 6.45) is 3.52. The summed E-state index contributed by atoms with van der Waals surface area (Å²) in [5.74, 6) is 2.00. The summed E-state index contributed by atoms with van der Waals surface area (Å²) in [7, 11) is 1.63. The fourth-order valence-corrected chi connectivity index (χ4v) is 2.92. The standard InChI is InChI=1S/C13H16ClNO3/c1-16-12-8(9-4-2-3-5-15-9)6-10-13(11(12)14)18-7-17-10/h6,9,15H,2-5,7H2,1H3. The van der Waals surface area contributed by atoms with Gasteiger partial charge in [0.1, 0.15) is 10.8 Å². The molecule has 0 spiro atoms. The van der Waals surface area contributed by atoms with E-state index in [4.69, 9.17) is 25.8 Å². The molecule has 0 aliphatic carbocycles. The van der Waals surface area contributed by atoms with Gasteiger partial charge in [0.25, 0.3) is 0 Å². The molecule has 18 heavy (non-hydrogen) atoms. The second-order valence-corrected chi connectivity index (χ2v) is 4.93. The van der Waals surface area contributed by atoms with Crippen molar-refractivity contribution in [3.63, 3.8) is 0 Å². The third-order valence-corrected chi connectivity index (χ3v) is 3.82. The maximum atomic E-state index is 6.32. The number of benzene rings is 1. The van der Waals surface area contributed by atoms with Crippen molar-refractivity contribution < 1.29 is 14.2 Å². The van der Waals surface area contributed by atoms with Gasteiger partial charge in [0.2, 0.25) is 6.79 Å². The van der Waals surface area contributed by atoms with Gasteiger partial charge in [-0.3, -0.25) is 0 Å². The molecule has 0 bridgehead atoms. The quantitative estimate of drug-likeness (QED) is 0.896. The lowest BCUT2D eigenvalue weighted by Crippen LogP contribution is -2.27. The van der Waals surface area contributed by atoms with Gasteiger partial charge in [-0.05, 0) is 25.5 Å². The highest BCUT2D eigenvalue weighted by Crippen LogP contribution is 2.48. The van der Waals surface area contributed by atoms with Crippen LogP contribution in [0.25, 0.3) is 0 Å². The van der Waals surface area contributed by atoms with Crippen molar-refractivity contribution in [1.29, 1.82) is 0 Å². The van der Waals surface area contributed by atoms with Gasteiger partial charge in [0, 0.05) is 11.6 Å². The smallest absolute Gasteiger partial charge is 0.231 e. The third-order valence-electron chi connectivity index (χ3n) is 3.48. The van der Waals surface area contributed by atoms with Crippen molar-refractivity contribution in [1.82, 2.24) is 5.32 Å². The molecule has 2 heterocycles. The Morgan fingerprint density at radius 1 is 1.39 bits per heavy atom. The number of piperidine rings is 1. The van der Waals surface area contributed by atoms with Crippen LogP contribution in [0.3, 0.4) is 0 Å². The molecule has 1 unspecified atom stereocenters. The van der Waals surface area contributed by atoms with E-state index in [9.17, 15) is 0 Å². The Morgan fingerprint density at radius 3 is 3.00 bits per heavy atom. The zero-order valence-electron chi connectivity index (χ0n) is 10.3. The minimum atomic E-state index is 0.222. The number of fused-ring (bicyclic) bond motifs is 1. The third kappa shape index (κ3) is 1.89. The van der Waals surface area contributed by atoms with Crippen molar-refractivity contribution in [3.05, 3.63) is 16.7 Å². The Morgan fingerprint density at radius 2 is 2.28 bits per heavy atom. The van der Waals surface area contributed by atoms with Crippen LogP contribution in [0.2, 0.25) is 5.02 Å². The average Bonchev–Trinajstić information content (AvgIpc) is 2.88. The van der Waals surface area contributed by atoms with Crippen LogP contribution in [0, 0.1) is 0 Å². The summed E-state index contributed by atoms with van der Waals surface area (Å²) < 4.78 is 16.2. The first-order valence-electron chi connectivity index (χ1n) is 6.20. The molecule has 2 aliphatic rings. The van der Waals surface area contributed by atoms with Crippen LogP contribution in [0.5, 0.6) is 17.2 Å². The van der Waals surface area contributed by atoms with Crippen molar-refractivity contribution >= 4 is 11.6 Å². The van der Waals surface area contributed by atoms with Crippen molar-refractivity contribution in [2.24, 2.45) is 0 Å². The van der Waals surface area contributed by atoms with Crippen LogP contribution in [0.1, 0.15) is 30.9 Å². The SMILES string of the molecule is COc1c(C2CCCCN2)cc2c(c1Cl)OCO2. The van der Waals surface area contributed by atoms with E-state index in [1.165, 1.54) is 12.8 Å². The highest BCUT2D eigenvalue weighted by atomic mass is 35.5. The molecule has 1 atom stereocenters. The van der Waals surface area contributed by atoms with Gasteiger partial charge in [-0.1, -0.05) is 18.0 Å². The van der Waals surface area contributed by atoms with Gasteiger partial charge in [-0.15, -0.1) is 0 Å². The fraction of sp³-hybridized carbons (Fsp3) is 0.538. The summed E-state index contributed by atoms with van der Waals surface area (Å²) in [5, 5.41) is 4.00. The Labute approximate surface area is 111 Å². The predicted molar refractivity (Wildman–Crippen MR) is 68.7 cm³/mol. The normalized spacial score (nSPS) is 22.0. The molecule has 4 nitrogen and oxygen atoms in total. The number of halogens is 1. The van der Waals surface area contributed by atoms with Gasteiger partial charge in [0.05, 0.1) is 7.11 Å². The molecule has 3 rings (SSSR count). The largest absolute Gasteiger partial charge is 0.495 e. The number of hydrogen-bond acceptors (Lipinski definition) is 4. The lowest BCUT2D eigenvalue weighted by molar-refractivity contribution is 0.174. The molecule has 1 aromatic rings.